The van der Waals surface area contributed by atoms with Gasteiger partial charge in [0.15, 0.2) is 0 Å². The highest BCUT2D eigenvalue weighted by molar-refractivity contribution is 5.68. The quantitative estimate of drug-likeness (QED) is 0.618. The van der Waals surface area contributed by atoms with Crippen molar-refractivity contribution in [3.63, 3.8) is 0 Å². The molecule has 1 atom stereocenters. The molecule has 2 heterocycles. The predicted molar refractivity (Wildman–Crippen MR) is 101 cm³/mol. The fourth-order valence-corrected chi connectivity index (χ4v) is 3.13. The molecule has 0 aliphatic carbocycles. The van der Waals surface area contributed by atoms with Gasteiger partial charge >= 0.3 is 0 Å². The Morgan fingerprint density at radius 1 is 1.04 bits per heavy atom. The van der Waals surface area contributed by atoms with Crippen molar-refractivity contribution in [3.8, 4) is 11.3 Å². The van der Waals surface area contributed by atoms with Crippen molar-refractivity contribution in [2.24, 2.45) is 0 Å². The molecule has 2 aromatic heterocycles. The first-order valence-corrected chi connectivity index (χ1v) is 8.51. The van der Waals surface area contributed by atoms with E-state index in [4.69, 9.17) is 0 Å². The topological polar surface area (TPSA) is 59.5 Å². The lowest BCUT2D eigenvalue weighted by Crippen LogP contribution is -2.24. The van der Waals surface area contributed by atoms with Crippen molar-refractivity contribution in [2.45, 2.75) is 19.6 Å². The van der Waals surface area contributed by atoms with Crippen molar-refractivity contribution in [1.29, 1.82) is 0 Å². The molecule has 0 bridgehead atoms. The molecule has 0 spiro atoms. The molecule has 130 valence electrons. The Labute approximate surface area is 150 Å². The number of rotatable bonds is 4. The molecule has 5 heteroatoms. The number of aryl methyl sites for hydroxylation is 1. The Kier molecular flexibility index (Phi) is 4.14. The van der Waals surface area contributed by atoms with Crippen LogP contribution in [0.15, 0.2) is 77.9 Å². The zero-order valence-electron chi connectivity index (χ0n) is 14.4. The van der Waals surface area contributed by atoms with Gasteiger partial charge in [0.1, 0.15) is 5.52 Å². The first kappa shape index (κ1) is 16.3. The van der Waals surface area contributed by atoms with Crippen LogP contribution in [-0.2, 0) is 6.54 Å². The highest BCUT2D eigenvalue weighted by atomic mass is 16.3. The fourth-order valence-electron chi connectivity index (χ4n) is 3.13. The number of nitrogens with zero attached hydrogens (tertiary/aromatic N) is 3. The maximum atomic E-state index is 12.8. The van der Waals surface area contributed by atoms with Crippen molar-refractivity contribution in [1.82, 2.24) is 14.2 Å². The minimum atomic E-state index is -0.741. The number of benzene rings is 2. The van der Waals surface area contributed by atoms with E-state index in [1.54, 1.807) is 23.0 Å². The van der Waals surface area contributed by atoms with Crippen LogP contribution >= 0.6 is 0 Å². The summed E-state index contributed by atoms with van der Waals surface area (Å²) in [7, 11) is 0. The Balaban J connectivity index is 1.71. The van der Waals surface area contributed by atoms with E-state index in [-0.39, 0.29) is 12.1 Å². The first-order valence-electron chi connectivity index (χ1n) is 8.51. The Hall–Kier alpha value is -3.18. The SMILES string of the molecule is Cc1ccccc1-c1cc2c(=O)n(CC(O)c3ccccc3)ccn2n1. The third-order valence-electron chi connectivity index (χ3n) is 4.58. The van der Waals surface area contributed by atoms with Crippen LogP contribution in [0.5, 0.6) is 0 Å². The lowest BCUT2D eigenvalue weighted by Gasteiger charge is -2.13. The number of aromatic nitrogens is 3. The molecule has 2 aromatic carbocycles. The third-order valence-corrected chi connectivity index (χ3v) is 4.58. The van der Waals surface area contributed by atoms with Crippen LogP contribution < -0.4 is 5.56 Å². The lowest BCUT2D eigenvalue weighted by molar-refractivity contribution is 0.155. The van der Waals surface area contributed by atoms with Gasteiger partial charge in [-0.3, -0.25) is 4.79 Å². The van der Waals surface area contributed by atoms with Gasteiger partial charge < -0.3 is 9.67 Å². The summed E-state index contributed by atoms with van der Waals surface area (Å²) in [6.45, 7) is 2.22. The van der Waals surface area contributed by atoms with E-state index < -0.39 is 6.10 Å². The second-order valence-corrected chi connectivity index (χ2v) is 6.36. The van der Waals surface area contributed by atoms with Crippen LogP contribution in [0.25, 0.3) is 16.8 Å². The Bertz CT molecular complexity index is 1110. The zero-order valence-corrected chi connectivity index (χ0v) is 14.4. The molecule has 0 aliphatic rings. The molecular weight excluding hydrogens is 326 g/mol. The zero-order chi connectivity index (χ0) is 18.1. The molecule has 5 nitrogen and oxygen atoms in total. The normalized spacial score (nSPS) is 12.4. The minimum absolute atomic E-state index is 0.171. The number of hydrogen-bond donors (Lipinski definition) is 1. The number of aliphatic hydroxyl groups is 1. The largest absolute Gasteiger partial charge is 0.387 e. The monoisotopic (exact) mass is 345 g/mol. The molecule has 0 amide bonds. The molecule has 0 aliphatic heterocycles. The van der Waals surface area contributed by atoms with Crippen molar-refractivity contribution < 1.29 is 5.11 Å². The van der Waals surface area contributed by atoms with E-state index in [1.807, 2.05) is 61.5 Å². The van der Waals surface area contributed by atoms with Gasteiger partial charge in [-0.25, -0.2) is 4.52 Å². The van der Waals surface area contributed by atoms with E-state index in [0.29, 0.717) is 5.52 Å². The van der Waals surface area contributed by atoms with E-state index >= 15 is 0 Å². The second kappa shape index (κ2) is 6.61. The molecule has 0 radical (unpaired) electrons. The molecule has 26 heavy (non-hydrogen) atoms. The third kappa shape index (κ3) is 2.93. The highest BCUT2D eigenvalue weighted by Gasteiger charge is 2.13. The van der Waals surface area contributed by atoms with Gasteiger partial charge in [0, 0.05) is 18.0 Å². The summed E-state index contributed by atoms with van der Waals surface area (Å²) >= 11 is 0. The van der Waals surface area contributed by atoms with Crippen molar-refractivity contribution in [2.75, 3.05) is 0 Å². The summed E-state index contributed by atoms with van der Waals surface area (Å²) in [4.78, 5) is 12.8. The first-order chi connectivity index (χ1) is 12.6. The van der Waals surface area contributed by atoms with Crippen molar-refractivity contribution >= 4 is 5.52 Å². The molecule has 4 aromatic rings. The van der Waals surface area contributed by atoms with E-state index in [9.17, 15) is 9.90 Å². The summed E-state index contributed by atoms with van der Waals surface area (Å²) < 4.78 is 3.12. The molecule has 1 N–H and O–H groups in total. The van der Waals surface area contributed by atoms with Gasteiger partial charge in [-0.15, -0.1) is 0 Å². The molecular formula is C21H19N3O2. The Morgan fingerprint density at radius 2 is 1.77 bits per heavy atom. The summed E-state index contributed by atoms with van der Waals surface area (Å²) in [5.41, 5.74) is 3.98. The van der Waals surface area contributed by atoms with Crippen molar-refractivity contribution in [3.05, 3.63) is 94.5 Å². The lowest BCUT2D eigenvalue weighted by atomic mass is 10.1. The van der Waals surface area contributed by atoms with Crippen LogP contribution in [0.1, 0.15) is 17.2 Å². The molecule has 0 saturated carbocycles. The van der Waals surface area contributed by atoms with Gasteiger partial charge in [-0.05, 0) is 24.1 Å². The fraction of sp³-hybridized carbons (Fsp3) is 0.143. The maximum absolute atomic E-state index is 12.8. The smallest absolute Gasteiger partial charge is 0.276 e. The average Bonchev–Trinajstić information content (AvgIpc) is 3.10. The van der Waals surface area contributed by atoms with Crippen LogP contribution in [0.3, 0.4) is 0 Å². The summed E-state index contributed by atoms with van der Waals surface area (Å²) in [5.74, 6) is 0. The van der Waals surface area contributed by atoms with Gasteiger partial charge in [0.25, 0.3) is 5.56 Å². The van der Waals surface area contributed by atoms with Gasteiger partial charge in [0.05, 0.1) is 18.3 Å². The van der Waals surface area contributed by atoms with Crippen LogP contribution in [0.4, 0.5) is 0 Å². The standard InChI is InChI=1S/C21H19N3O2/c1-15-7-5-6-10-17(15)18-13-19-21(26)23(11-12-24(19)22-18)14-20(25)16-8-3-2-4-9-16/h2-13,20,25H,14H2,1H3. The minimum Gasteiger partial charge on any atom is -0.387 e. The van der Waals surface area contributed by atoms with Gasteiger partial charge in [0.2, 0.25) is 0 Å². The molecule has 1 unspecified atom stereocenters. The maximum Gasteiger partial charge on any atom is 0.276 e. The second-order valence-electron chi connectivity index (χ2n) is 6.36. The summed E-state index contributed by atoms with van der Waals surface area (Å²) in [5, 5.41) is 14.9. The highest BCUT2D eigenvalue weighted by Crippen LogP contribution is 2.22. The van der Waals surface area contributed by atoms with Gasteiger partial charge in [-0.1, -0.05) is 54.6 Å². The molecule has 0 saturated heterocycles. The van der Waals surface area contributed by atoms with E-state index in [0.717, 1.165) is 22.4 Å². The van der Waals surface area contributed by atoms with Crippen LogP contribution in [-0.4, -0.2) is 19.3 Å². The summed E-state index contributed by atoms with van der Waals surface area (Å²) in [6.07, 6.45) is 2.67. The summed E-state index contributed by atoms with van der Waals surface area (Å²) in [6, 6.07) is 19.1. The Morgan fingerprint density at radius 3 is 2.54 bits per heavy atom. The van der Waals surface area contributed by atoms with E-state index in [1.165, 1.54) is 4.57 Å². The number of aliphatic hydroxyl groups excluding tert-OH is 1. The van der Waals surface area contributed by atoms with Crippen LogP contribution in [0, 0.1) is 6.92 Å². The average molecular weight is 345 g/mol. The molecule has 4 rings (SSSR count). The van der Waals surface area contributed by atoms with E-state index in [2.05, 4.69) is 5.10 Å². The van der Waals surface area contributed by atoms with Gasteiger partial charge in [-0.2, -0.15) is 5.10 Å². The molecule has 0 fully saturated rings. The predicted octanol–water partition coefficient (Wildman–Crippen LogP) is 3.21. The number of fused-ring (bicyclic) bond motifs is 1. The van der Waals surface area contributed by atoms with Crippen LogP contribution in [0.2, 0.25) is 0 Å². The number of hydrogen-bond acceptors (Lipinski definition) is 3.